The van der Waals surface area contributed by atoms with E-state index in [4.69, 9.17) is 4.74 Å². The summed E-state index contributed by atoms with van der Waals surface area (Å²) in [6.07, 6.45) is 15.6. The van der Waals surface area contributed by atoms with E-state index in [0.717, 1.165) is 48.1 Å². The molecule has 1 aliphatic carbocycles. The molecule has 0 radical (unpaired) electrons. The van der Waals surface area contributed by atoms with Gasteiger partial charge in [0, 0.05) is 24.5 Å². The van der Waals surface area contributed by atoms with Gasteiger partial charge >= 0.3 is 0 Å². The fraction of sp³-hybridized carbons (Fsp3) is 0.259. The summed E-state index contributed by atoms with van der Waals surface area (Å²) in [5.74, 6) is 1.36. The third-order valence-electron chi connectivity index (χ3n) is 6.16. The van der Waals surface area contributed by atoms with E-state index in [1.54, 1.807) is 12.4 Å². The molecule has 2 aromatic rings. The molecule has 3 aliphatic rings. The smallest absolute Gasteiger partial charge is 0.252 e. The molecule has 168 valence electrons. The van der Waals surface area contributed by atoms with E-state index in [2.05, 4.69) is 33.1 Å². The molecule has 2 aliphatic heterocycles. The Morgan fingerprint density at radius 3 is 2.88 bits per heavy atom. The van der Waals surface area contributed by atoms with Crippen LogP contribution < -0.4 is 20.7 Å². The van der Waals surface area contributed by atoms with Gasteiger partial charge in [0.25, 0.3) is 5.91 Å². The number of rotatable bonds is 5. The van der Waals surface area contributed by atoms with Crippen molar-refractivity contribution >= 4 is 12.0 Å². The van der Waals surface area contributed by atoms with Crippen LogP contribution in [0.3, 0.4) is 0 Å². The highest BCUT2D eigenvalue weighted by molar-refractivity contribution is 5.97. The third kappa shape index (κ3) is 5.17. The molecule has 6 nitrogen and oxygen atoms in total. The fourth-order valence-electron chi connectivity index (χ4n) is 4.32. The minimum atomic E-state index is -0.0132. The molecule has 3 heterocycles. The van der Waals surface area contributed by atoms with Gasteiger partial charge < -0.3 is 20.7 Å². The van der Waals surface area contributed by atoms with E-state index < -0.39 is 0 Å². The van der Waals surface area contributed by atoms with Gasteiger partial charge in [-0.15, -0.1) is 0 Å². The van der Waals surface area contributed by atoms with Crippen molar-refractivity contribution in [2.24, 2.45) is 0 Å². The lowest BCUT2D eigenvalue weighted by molar-refractivity contribution is -0.118. The molecule has 3 N–H and O–H groups in total. The summed E-state index contributed by atoms with van der Waals surface area (Å²) in [6, 6.07) is 12.1. The highest BCUT2D eigenvalue weighted by Crippen LogP contribution is 2.28. The number of fused-ring (bicyclic) bond motifs is 1. The molecular weight excluding hydrogens is 412 g/mol. The Morgan fingerprint density at radius 2 is 2.06 bits per heavy atom. The number of benzene rings is 1. The lowest BCUT2D eigenvalue weighted by Gasteiger charge is -2.26. The van der Waals surface area contributed by atoms with Gasteiger partial charge in [-0.1, -0.05) is 29.8 Å². The molecule has 1 unspecified atom stereocenters. The Bertz CT molecular complexity index is 1150. The quantitative estimate of drug-likeness (QED) is 0.639. The number of nitrogens with one attached hydrogen (secondary N) is 3. The van der Waals surface area contributed by atoms with Crippen LogP contribution >= 0.6 is 0 Å². The maximum atomic E-state index is 12.7. The van der Waals surface area contributed by atoms with Crippen LogP contribution in [0.25, 0.3) is 6.08 Å². The predicted octanol–water partition coefficient (Wildman–Crippen LogP) is 4.48. The molecule has 1 saturated carbocycles. The lowest BCUT2D eigenvalue weighted by Crippen LogP contribution is -2.41. The molecule has 5 rings (SSSR count). The molecule has 1 fully saturated rings. The number of hydrogen-bond acceptors (Lipinski definition) is 5. The Morgan fingerprint density at radius 1 is 1.18 bits per heavy atom. The van der Waals surface area contributed by atoms with Crippen LogP contribution in [0.4, 0.5) is 0 Å². The van der Waals surface area contributed by atoms with Crippen LogP contribution in [-0.4, -0.2) is 23.1 Å². The lowest BCUT2D eigenvalue weighted by atomic mass is 9.89. The van der Waals surface area contributed by atoms with Crippen LogP contribution in [0.5, 0.6) is 11.6 Å². The predicted molar refractivity (Wildman–Crippen MR) is 129 cm³/mol. The minimum Gasteiger partial charge on any atom is -0.439 e. The number of aryl methyl sites for hydroxylation is 1. The monoisotopic (exact) mass is 440 g/mol. The number of allylic oxidation sites excluding steroid dienone is 1. The van der Waals surface area contributed by atoms with Gasteiger partial charge in [-0.25, -0.2) is 4.98 Å². The number of ether oxygens (including phenoxy) is 1. The molecule has 0 bridgehead atoms. The van der Waals surface area contributed by atoms with Crippen LogP contribution in [-0.2, 0) is 4.79 Å². The zero-order chi connectivity index (χ0) is 22.6. The average Bonchev–Trinajstić information content (AvgIpc) is 3.30. The summed E-state index contributed by atoms with van der Waals surface area (Å²) >= 11 is 0. The van der Waals surface area contributed by atoms with E-state index in [1.165, 1.54) is 5.57 Å². The summed E-state index contributed by atoms with van der Waals surface area (Å²) in [6.45, 7) is 2.01. The van der Waals surface area contributed by atoms with Crippen molar-refractivity contribution in [3.63, 3.8) is 0 Å². The summed E-state index contributed by atoms with van der Waals surface area (Å²) in [7, 11) is 0. The van der Waals surface area contributed by atoms with Gasteiger partial charge in [0.05, 0.1) is 5.57 Å². The molecule has 6 heteroatoms. The maximum Gasteiger partial charge on any atom is 0.252 e. The number of aromatic nitrogens is 1. The molecule has 1 aromatic heterocycles. The Labute approximate surface area is 194 Å². The van der Waals surface area contributed by atoms with Gasteiger partial charge in [-0.2, -0.15) is 0 Å². The second kappa shape index (κ2) is 9.36. The summed E-state index contributed by atoms with van der Waals surface area (Å²) < 4.78 is 5.90. The first-order valence-electron chi connectivity index (χ1n) is 11.4. The highest BCUT2D eigenvalue weighted by Gasteiger charge is 2.23. The number of hydrogen-bond donors (Lipinski definition) is 3. The summed E-state index contributed by atoms with van der Waals surface area (Å²) in [5.41, 5.74) is 5.39. The largest absolute Gasteiger partial charge is 0.439 e. The van der Waals surface area contributed by atoms with Gasteiger partial charge in [0.1, 0.15) is 11.9 Å². The molecule has 1 atom stereocenters. The number of nitrogens with zero attached hydrogens (tertiary/aromatic N) is 1. The second-order valence-electron chi connectivity index (χ2n) is 8.74. The Balaban J connectivity index is 1.15. The molecule has 0 saturated heterocycles. The fourth-order valence-corrected chi connectivity index (χ4v) is 4.32. The van der Waals surface area contributed by atoms with E-state index in [9.17, 15) is 4.79 Å². The average molecular weight is 441 g/mol. The van der Waals surface area contributed by atoms with Gasteiger partial charge in [0.15, 0.2) is 0 Å². The molecule has 1 aromatic carbocycles. The van der Waals surface area contributed by atoms with Crippen molar-refractivity contribution in [1.82, 2.24) is 20.9 Å². The van der Waals surface area contributed by atoms with Crippen molar-refractivity contribution < 1.29 is 9.53 Å². The normalized spacial score (nSPS) is 21.2. The third-order valence-corrected chi connectivity index (χ3v) is 6.16. The molecule has 0 spiro atoms. The minimum absolute atomic E-state index is 0.0132. The molecule has 1 amide bonds. The van der Waals surface area contributed by atoms with Gasteiger partial charge in [-0.3, -0.25) is 4.79 Å². The van der Waals surface area contributed by atoms with E-state index in [1.807, 2.05) is 55.6 Å². The number of amides is 1. The van der Waals surface area contributed by atoms with Gasteiger partial charge in [-0.05, 0) is 79.8 Å². The first kappa shape index (κ1) is 21.1. The van der Waals surface area contributed by atoms with E-state index >= 15 is 0 Å². The maximum absolute atomic E-state index is 12.7. The summed E-state index contributed by atoms with van der Waals surface area (Å²) in [5, 5.41) is 9.61. The SMILES string of the molecule is Cc1ccc(Oc2cccc(C=C3CCC(NC(=O)C4=CNC5NC=CC5=C4)CC3)c2)nc1. The van der Waals surface area contributed by atoms with E-state index in [-0.39, 0.29) is 18.1 Å². The first-order valence-corrected chi connectivity index (χ1v) is 11.4. The Hall–Kier alpha value is -3.80. The van der Waals surface area contributed by atoms with Gasteiger partial charge in [0.2, 0.25) is 5.88 Å². The van der Waals surface area contributed by atoms with Crippen molar-refractivity contribution in [2.45, 2.75) is 44.8 Å². The van der Waals surface area contributed by atoms with Crippen molar-refractivity contribution in [3.8, 4) is 11.6 Å². The zero-order valence-electron chi connectivity index (χ0n) is 18.7. The number of carbonyl (C=O) groups excluding carboxylic acids is 1. The van der Waals surface area contributed by atoms with Crippen LogP contribution in [0.2, 0.25) is 0 Å². The molecule has 33 heavy (non-hydrogen) atoms. The van der Waals surface area contributed by atoms with Crippen molar-refractivity contribution in [3.05, 3.63) is 95.0 Å². The number of carbonyl (C=O) groups is 1. The zero-order valence-corrected chi connectivity index (χ0v) is 18.7. The topological polar surface area (TPSA) is 75.3 Å². The number of pyridine rings is 1. The second-order valence-corrected chi connectivity index (χ2v) is 8.74. The van der Waals surface area contributed by atoms with Crippen molar-refractivity contribution in [2.75, 3.05) is 0 Å². The standard InChI is InChI=1S/C27H28N4O2/c1-18-5-10-25(29-16-18)33-24-4-2-3-20(14-24)13-19-6-8-23(9-7-19)31-27(32)22-15-21-11-12-28-26(21)30-17-22/h2-5,10-17,23,26,28,30H,6-9H2,1H3,(H,31,32). The molecular formula is C27H28N4O2. The first-order chi connectivity index (χ1) is 16.1. The highest BCUT2D eigenvalue weighted by atomic mass is 16.5. The number of dihydropyridines is 1. The Kier molecular flexibility index (Phi) is 5.98. The van der Waals surface area contributed by atoms with Crippen molar-refractivity contribution in [1.29, 1.82) is 0 Å². The van der Waals surface area contributed by atoms with Crippen LogP contribution in [0.1, 0.15) is 36.8 Å². The van der Waals surface area contributed by atoms with Crippen LogP contribution in [0.15, 0.2) is 83.9 Å². The van der Waals surface area contributed by atoms with E-state index in [0.29, 0.717) is 11.5 Å². The van der Waals surface area contributed by atoms with Crippen LogP contribution in [0, 0.1) is 6.92 Å². The summed E-state index contributed by atoms with van der Waals surface area (Å²) in [4.78, 5) is 17.0.